The van der Waals surface area contributed by atoms with Crippen molar-refractivity contribution in [2.45, 2.75) is 31.6 Å². The van der Waals surface area contributed by atoms with E-state index in [2.05, 4.69) is 54.1 Å². The van der Waals surface area contributed by atoms with Gasteiger partial charge < -0.3 is 5.32 Å². The predicted octanol–water partition coefficient (Wildman–Crippen LogP) is 3.85. The van der Waals surface area contributed by atoms with Crippen molar-refractivity contribution < 1.29 is 0 Å². The van der Waals surface area contributed by atoms with E-state index in [-0.39, 0.29) is 0 Å². The molecule has 1 fully saturated rings. The van der Waals surface area contributed by atoms with E-state index in [0.29, 0.717) is 11.3 Å². The molecule has 0 aliphatic carbocycles. The largest absolute Gasteiger partial charge is 0.381 e. The van der Waals surface area contributed by atoms with E-state index in [1.54, 1.807) is 0 Å². The Morgan fingerprint density at radius 3 is 3.00 bits per heavy atom. The first kappa shape index (κ1) is 11.8. The van der Waals surface area contributed by atoms with Crippen LogP contribution in [-0.2, 0) is 0 Å². The molecule has 0 spiro atoms. The summed E-state index contributed by atoms with van der Waals surface area (Å²) in [6.45, 7) is 4.43. The lowest BCUT2D eigenvalue weighted by atomic mass is 10.1. The molecule has 1 saturated heterocycles. The van der Waals surface area contributed by atoms with Crippen LogP contribution in [0, 0.1) is 6.92 Å². The molecule has 2 unspecified atom stereocenters. The Balaban J connectivity index is 1.99. The minimum absolute atomic E-state index is 0.584. The van der Waals surface area contributed by atoms with Crippen LogP contribution in [0.3, 0.4) is 0 Å². The van der Waals surface area contributed by atoms with Gasteiger partial charge in [-0.05, 0) is 42.9 Å². The van der Waals surface area contributed by atoms with Gasteiger partial charge in [0.1, 0.15) is 0 Å². The van der Waals surface area contributed by atoms with Crippen LogP contribution in [0.15, 0.2) is 30.5 Å². The van der Waals surface area contributed by atoms with E-state index in [9.17, 15) is 0 Å². The normalized spacial score (nSPS) is 23.4. The molecule has 3 rings (SSSR count). The summed E-state index contributed by atoms with van der Waals surface area (Å²) in [4.78, 5) is 4.49. The first-order chi connectivity index (χ1) is 8.75. The molecule has 3 heteroatoms. The summed E-state index contributed by atoms with van der Waals surface area (Å²) in [5.74, 6) is 1.26. The Morgan fingerprint density at radius 2 is 2.22 bits per heavy atom. The highest BCUT2D eigenvalue weighted by Crippen LogP contribution is 2.31. The Bertz CT molecular complexity index is 567. The number of aromatic nitrogens is 1. The van der Waals surface area contributed by atoms with E-state index in [1.165, 1.54) is 28.8 Å². The van der Waals surface area contributed by atoms with Crippen molar-refractivity contribution in [3.05, 3.63) is 36.0 Å². The summed E-state index contributed by atoms with van der Waals surface area (Å²) >= 11 is 2.05. The molecule has 0 radical (unpaired) electrons. The van der Waals surface area contributed by atoms with Crippen LogP contribution in [0.5, 0.6) is 0 Å². The molecule has 1 aliphatic rings. The van der Waals surface area contributed by atoms with Crippen molar-refractivity contribution in [3.63, 3.8) is 0 Å². The fraction of sp³-hybridized carbons (Fsp3) is 0.400. The van der Waals surface area contributed by atoms with Crippen molar-refractivity contribution in [1.82, 2.24) is 4.98 Å². The van der Waals surface area contributed by atoms with Crippen LogP contribution >= 0.6 is 11.8 Å². The number of rotatable bonds is 2. The average molecular weight is 258 g/mol. The third-order valence-corrected chi connectivity index (χ3v) is 5.01. The van der Waals surface area contributed by atoms with Crippen molar-refractivity contribution >= 4 is 28.4 Å². The van der Waals surface area contributed by atoms with E-state index in [1.807, 2.05) is 12.3 Å². The molecule has 94 valence electrons. The molecule has 2 atom stereocenters. The maximum Gasteiger partial charge on any atom is 0.0751 e. The van der Waals surface area contributed by atoms with Gasteiger partial charge in [0.25, 0.3) is 0 Å². The summed E-state index contributed by atoms with van der Waals surface area (Å²) < 4.78 is 0. The number of hydrogen-bond donors (Lipinski definition) is 1. The lowest BCUT2D eigenvalue weighted by molar-refractivity contribution is 0.725. The van der Waals surface area contributed by atoms with Crippen LogP contribution in [0.25, 0.3) is 10.9 Å². The zero-order valence-electron chi connectivity index (χ0n) is 10.8. The highest BCUT2D eigenvalue weighted by molar-refractivity contribution is 8.00. The summed E-state index contributed by atoms with van der Waals surface area (Å²) in [7, 11) is 0. The maximum atomic E-state index is 4.49. The molecule has 1 N–H and O–H groups in total. The number of fused-ring (bicyclic) bond motifs is 1. The molecule has 1 aliphatic heterocycles. The molecule has 2 nitrogen and oxygen atoms in total. The number of hydrogen-bond acceptors (Lipinski definition) is 3. The number of pyridine rings is 1. The molecule has 0 amide bonds. The molecular weight excluding hydrogens is 240 g/mol. The van der Waals surface area contributed by atoms with E-state index >= 15 is 0 Å². The zero-order valence-corrected chi connectivity index (χ0v) is 11.6. The van der Waals surface area contributed by atoms with Crippen LogP contribution in [0.2, 0.25) is 0 Å². The fourth-order valence-corrected chi connectivity index (χ4v) is 3.76. The predicted molar refractivity (Wildman–Crippen MR) is 80.4 cm³/mol. The summed E-state index contributed by atoms with van der Waals surface area (Å²) in [6.07, 6.45) is 3.12. The van der Waals surface area contributed by atoms with E-state index < -0.39 is 0 Å². The first-order valence-corrected chi connectivity index (χ1v) is 7.53. The SMILES string of the molecule is Cc1ccc(NC2CCSC2C)c2cccnc12. The van der Waals surface area contributed by atoms with Gasteiger partial charge in [0.2, 0.25) is 0 Å². The number of thioether (sulfide) groups is 1. The average Bonchev–Trinajstić information content (AvgIpc) is 2.79. The molecule has 0 saturated carbocycles. The third kappa shape index (κ3) is 2.07. The third-order valence-electron chi connectivity index (χ3n) is 3.69. The van der Waals surface area contributed by atoms with Gasteiger partial charge >= 0.3 is 0 Å². The van der Waals surface area contributed by atoms with Crippen molar-refractivity contribution in [3.8, 4) is 0 Å². The number of nitrogens with zero attached hydrogens (tertiary/aromatic N) is 1. The van der Waals surface area contributed by atoms with Gasteiger partial charge in [-0.2, -0.15) is 11.8 Å². The van der Waals surface area contributed by atoms with Crippen LogP contribution in [0.4, 0.5) is 5.69 Å². The van der Waals surface area contributed by atoms with Crippen LogP contribution in [-0.4, -0.2) is 22.0 Å². The molecule has 1 aromatic heterocycles. The Morgan fingerprint density at radius 1 is 1.33 bits per heavy atom. The van der Waals surface area contributed by atoms with Gasteiger partial charge in [0, 0.05) is 28.6 Å². The Kier molecular flexibility index (Phi) is 3.16. The Labute approximate surface area is 112 Å². The number of aryl methyl sites for hydroxylation is 1. The lowest BCUT2D eigenvalue weighted by Crippen LogP contribution is -2.24. The summed E-state index contributed by atoms with van der Waals surface area (Å²) in [6, 6.07) is 9.10. The number of nitrogens with one attached hydrogen (secondary N) is 1. The molecular formula is C15H18N2S. The maximum absolute atomic E-state index is 4.49. The fourth-order valence-electron chi connectivity index (χ4n) is 2.56. The second kappa shape index (κ2) is 4.81. The van der Waals surface area contributed by atoms with Crippen molar-refractivity contribution in [1.29, 1.82) is 0 Å². The topological polar surface area (TPSA) is 24.9 Å². The van der Waals surface area contributed by atoms with Gasteiger partial charge in [-0.3, -0.25) is 4.98 Å². The second-order valence-electron chi connectivity index (χ2n) is 4.95. The van der Waals surface area contributed by atoms with Gasteiger partial charge in [-0.25, -0.2) is 0 Å². The van der Waals surface area contributed by atoms with Gasteiger partial charge in [0.15, 0.2) is 0 Å². The highest BCUT2D eigenvalue weighted by atomic mass is 32.2. The van der Waals surface area contributed by atoms with E-state index in [4.69, 9.17) is 0 Å². The second-order valence-corrected chi connectivity index (χ2v) is 6.43. The van der Waals surface area contributed by atoms with Crippen LogP contribution < -0.4 is 5.32 Å². The van der Waals surface area contributed by atoms with Crippen molar-refractivity contribution in [2.24, 2.45) is 0 Å². The molecule has 18 heavy (non-hydrogen) atoms. The molecule has 0 bridgehead atoms. The zero-order chi connectivity index (χ0) is 12.5. The highest BCUT2D eigenvalue weighted by Gasteiger charge is 2.24. The van der Waals surface area contributed by atoms with Gasteiger partial charge in [-0.15, -0.1) is 0 Å². The summed E-state index contributed by atoms with van der Waals surface area (Å²) in [5, 5.41) is 5.63. The smallest absolute Gasteiger partial charge is 0.0751 e. The number of anilines is 1. The van der Waals surface area contributed by atoms with E-state index in [0.717, 1.165) is 5.52 Å². The van der Waals surface area contributed by atoms with Gasteiger partial charge in [-0.1, -0.05) is 13.0 Å². The van der Waals surface area contributed by atoms with Crippen LogP contribution in [0.1, 0.15) is 18.9 Å². The quantitative estimate of drug-likeness (QED) is 0.885. The molecule has 2 aromatic rings. The van der Waals surface area contributed by atoms with Gasteiger partial charge in [0.05, 0.1) is 5.52 Å². The molecule has 2 heterocycles. The lowest BCUT2D eigenvalue weighted by Gasteiger charge is -2.19. The first-order valence-electron chi connectivity index (χ1n) is 6.48. The standard InChI is InChI=1S/C15H18N2S/c1-10-5-6-14(12-4-3-8-16-15(10)12)17-13-7-9-18-11(13)2/h3-6,8,11,13,17H,7,9H2,1-2H3. The molecule has 1 aromatic carbocycles. The monoisotopic (exact) mass is 258 g/mol. The minimum Gasteiger partial charge on any atom is -0.381 e. The summed E-state index contributed by atoms with van der Waals surface area (Å²) in [5.41, 5.74) is 3.58. The number of benzene rings is 1. The van der Waals surface area contributed by atoms with Crippen molar-refractivity contribution in [2.75, 3.05) is 11.1 Å². The Hall–Kier alpha value is -1.22. The minimum atomic E-state index is 0.584.